The summed E-state index contributed by atoms with van der Waals surface area (Å²) in [5.41, 5.74) is 1.57. The number of hydrogen-bond acceptors (Lipinski definition) is 6. The van der Waals surface area contributed by atoms with Crippen molar-refractivity contribution in [3.8, 4) is 0 Å². The van der Waals surface area contributed by atoms with Crippen molar-refractivity contribution in [2.24, 2.45) is 7.05 Å². The van der Waals surface area contributed by atoms with E-state index in [2.05, 4.69) is 15.0 Å². The maximum Gasteiger partial charge on any atom is 0.257 e. The van der Waals surface area contributed by atoms with Crippen molar-refractivity contribution in [2.45, 2.75) is 18.9 Å². The highest BCUT2D eigenvalue weighted by Gasteiger charge is 2.28. The third-order valence-corrected chi connectivity index (χ3v) is 5.76. The minimum atomic E-state index is 0.0217. The number of pyridine rings is 1. The van der Waals surface area contributed by atoms with Crippen LogP contribution < -0.4 is 4.90 Å². The van der Waals surface area contributed by atoms with E-state index in [1.807, 2.05) is 25.1 Å². The first-order chi connectivity index (χ1) is 12.1. The van der Waals surface area contributed by atoms with E-state index < -0.39 is 0 Å². The number of likely N-dealkylation sites (N-methyl/N-ethyl adjacent to an activating group) is 1. The van der Waals surface area contributed by atoms with Crippen molar-refractivity contribution in [2.75, 3.05) is 25.0 Å². The minimum Gasteiger partial charge on any atom is -0.346 e. The monoisotopic (exact) mass is 356 g/mol. The lowest BCUT2D eigenvalue weighted by molar-refractivity contribution is 0.0717. The predicted octanol–water partition coefficient (Wildman–Crippen LogP) is 2.17. The molecule has 4 heterocycles. The highest BCUT2D eigenvalue weighted by Crippen LogP contribution is 2.30. The Balaban J connectivity index is 1.51. The Morgan fingerprint density at radius 1 is 1.40 bits per heavy atom. The second-order valence-electron chi connectivity index (χ2n) is 6.40. The van der Waals surface area contributed by atoms with Crippen LogP contribution in [0.15, 0.2) is 30.9 Å². The van der Waals surface area contributed by atoms with E-state index in [-0.39, 0.29) is 11.9 Å². The molecule has 0 aromatic carbocycles. The molecule has 8 heteroatoms. The number of anilines is 1. The van der Waals surface area contributed by atoms with Crippen LogP contribution in [0.1, 0.15) is 23.2 Å². The zero-order valence-electron chi connectivity index (χ0n) is 14.3. The standard InChI is InChI=1S/C17H20N6OS/c1-21-10-12(8-19-21)16(24)22(2)13-4-3-7-23(11-13)17-20-14-9-18-6-5-15(14)25-17/h5-6,8-10,13H,3-4,7,11H2,1-2H3. The van der Waals surface area contributed by atoms with Crippen LogP contribution in [0.25, 0.3) is 10.2 Å². The maximum absolute atomic E-state index is 12.7. The molecule has 0 saturated carbocycles. The largest absolute Gasteiger partial charge is 0.346 e. The Morgan fingerprint density at radius 3 is 3.04 bits per heavy atom. The lowest BCUT2D eigenvalue weighted by Crippen LogP contribution is -2.48. The number of rotatable bonds is 3. The number of piperidine rings is 1. The lowest BCUT2D eigenvalue weighted by Gasteiger charge is -2.37. The Kier molecular flexibility index (Phi) is 4.12. The Morgan fingerprint density at radius 2 is 2.28 bits per heavy atom. The number of hydrogen-bond donors (Lipinski definition) is 0. The molecule has 1 atom stereocenters. The van der Waals surface area contributed by atoms with E-state index in [4.69, 9.17) is 4.98 Å². The Hall–Kier alpha value is -2.48. The maximum atomic E-state index is 12.7. The normalized spacial score (nSPS) is 17.8. The number of thiazole rings is 1. The topological polar surface area (TPSA) is 67.2 Å². The van der Waals surface area contributed by atoms with Crippen LogP contribution in [0, 0.1) is 0 Å². The fourth-order valence-electron chi connectivity index (χ4n) is 3.25. The quantitative estimate of drug-likeness (QED) is 0.719. The number of carbonyl (C=O) groups excluding carboxylic acids is 1. The SMILES string of the molecule is CN(C(=O)c1cnn(C)c1)C1CCCN(c2nc3cnccc3s2)C1. The summed E-state index contributed by atoms with van der Waals surface area (Å²) in [5, 5.41) is 5.11. The fraction of sp³-hybridized carbons (Fsp3) is 0.412. The highest BCUT2D eigenvalue weighted by atomic mass is 32.1. The number of amides is 1. The van der Waals surface area contributed by atoms with Gasteiger partial charge < -0.3 is 9.80 Å². The molecule has 4 rings (SSSR count). The summed E-state index contributed by atoms with van der Waals surface area (Å²) in [6, 6.07) is 2.17. The number of fused-ring (bicyclic) bond motifs is 1. The van der Waals surface area contributed by atoms with E-state index in [1.165, 1.54) is 0 Å². The Labute approximate surface area is 149 Å². The lowest BCUT2D eigenvalue weighted by atomic mass is 10.0. The average molecular weight is 356 g/mol. The first-order valence-electron chi connectivity index (χ1n) is 8.33. The van der Waals surface area contributed by atoms with Gasteiger partial charge in [0.1, 0.15) is 5.52 Å². The molecule has 130 valence electrons. The number of aryl methyl sites for hydroxylation is 1. The van der Waals surface area contributed by atoms with Crippen LogP contribution in [0.5, 0.6) is 0 Å². The third-order valence-electron chi connectivity index (χ3n) is 4.67. The molecule has 1 aliphatic heterocycles. The van der Waals surface area contributed by atoms with Gasteiger partial charge in [-0.1, -0.05) is 11.3 Å². The number of nitrogens with zero attached hydrogens (tertiary/aromatic N) is 6. The van der Waals surface area contributed by atoms with E-state index in [1.54, 1.807) is 40.8 Å². The van der Waals surface area contributed by atoms with Gasteiger partial charge in [-0.3, -0.25) is 14.5 Å². The van der Waals surface area contributed by atoms with Gasteiger partial charge in [0, 0.05) is 45.6 Å². The molecule has 1 amide bonds. The molecular formula is C17H20N6OS. The summed E-state index contributed by atoms with van der Waals surface area (Å²) < 4.78 is 2.80. The molecule has 0 spiro atoms. The molecule has 1 aliphatic rings. The van der Waals surface area contributed by atoms with Crippen molar-refractivity contribution >= 4 is 32.6 Å². The zero-order chi connectivity index (χ0) is 17.4. The van der Waals surface area contributed by atoms with Crippen LogP contribution in [0.2, 0.25) is 0 Å². The van der Waals surface area contributed by atoms with Crippen LogP contribution in [0.3, 0.4) is 0 Å². The van der Waals surface area contributed by atoms with Crippen LogP contribution in [0.4, 0.5) is 5.13 Å². The molecule has 1 saturated heterocycles. The molecule has 3 aromatic heterocycles. The second kappa shape index (κ2) is 6.44. The molecular weight excluding hydrogens is 336 g/mol. The van der Waals surface area contributed by atoms with Crippen molar-refractivity contribution < 1.29 is 4.79 Å². The summed E-state index contributed by atoms with van der Waals surface area (Å²) in [5.74, 6) is 0.0217. The molecule has 0 N–H and O–H groups in total. The molecule has 1 unspecified atom stereocenters. The number of aromatic nitrogens is 4. The summed E-state index contributed by atoms with van der Waals surface area (Å²) >= 11 is 1.68. The molecule has 25 heavy (non-hydrogen) atoms. The smallest absolute Gasteiger partial charge is 0.257 e. The molecule has 0 radical (unpaired) electrons. The third kappa shape index (κ3) is 3.09. The average Bonchev–Trinajstić information content (AvgIpc) is 3.26. The number of carbonyl (C=O) groups is 1. The van der Waals surface area contributed by atoms with Crippen molar-refractivity contribution in [1.82, 2.24) is 24.6 Å². The molecule has 0 bridgehead atoms. The van der Waals surface area contributed by atoms with Crippen LogP contribution >= 0.6 is 11.3 Å². The first-order valence-corrected chi connectivity index (χ1v) is 9.15. The van der Waals surface area contributed by atoms with E-state index in [0.717, 1.165) is 41.3 Å². The highest BCUT2D eigenvalue weighted by molar-refractivity contribution is 7.22. The first kappa shape index (κ1) is 16.0. The summed E-state index contributed by atoms with van der Waals surface area (Å²) in [4.78, 5) is 25.6. The molecule has 0 aliphatic carbocycles. The van der Waals surface area contributed by atoms with Gasteiger partial charge >= 0.3 is 0 Å². The Bertz CT molecular complexity index is 870. The van der Waals surface area contributed by atoms with Crippen LogP contribution in [-0.4, -0.2) is 56.7 Å². The van der Waals surface area contributed by atoms with Gasteiger partial charge in [-0.15, -0.1) is 0 Å². The van der Waals surface area contributed by atoms with Gasteiger partial charge in [0.15, 0.2) is 5.13 Å². The predicted molar refractivity (Wildman–Crippen MR) is 98.0 cm³/mol. The second-order valence-corrected chi connectivity index (χ2v) is 7.41. The van der Waals surface area contributed by atoms with Gasteiger partial charge in [-0.05, 0) is 18.9 Å². The molecule has 1 fully saturated rings. The van der Waals surface area contributed by atoms with E-state index in [0.29, 0.717) is 5.56 Å². The zero-order valence-corrected chi connectivity index (χ0v) is 15.1. The van der Waals surface area contributed by atoms with Crippen molar-refractivity contribution in [3.63, 3.8) is 0 Å². The van der Waals surface area contributed by atoms with Gasteiger partial charge in [0.2, 0.25) is 0 Å². The fourth-order valence-corrected chi connectivity index (χ4v) is 4.22. The van der Waals surface area contributed by atoms with Crippen molar-refractivity contribution in [3.05, 3.63) is 36.4 Å². The summed E-state index contributed by atoms with van der Waals surface area (Å²) in [7, 11) is 3.70. The van der Waals surface area contributed by atoms with E-state index in [9.17, 15) is 4.79 Å². The van der Waals surface area contributed by atoms with Gasteiger partial charge in [-0.25, -0.2) is 4.98 Å². The molecule has 7 nitrogen and oxygen atoms in total. The summed E-state index contributed by atoms with van der Waals surface area (Å²) in [6.45, 7) is 1.77. The van der Waals surface area contributed by atoms with E-state index >= 15 is 0 Å². The minimum absolute atomic E-state index is 0.0217. The van der Waals surface area contributed by atoms with Gasteiger partial charge in [-0.2, -0.15) is 5.10 Å². The van der Waals surface area contributed by atoms with Crippen molar-refractivity contribution in [1.29, 1.82) is 0 Å². The van der Waals surface area contributed by atoms with Gasteiger partial charge in [0.25, 0.3) is 5.91 Å². The summed E-state index contributed by atoms with van der Waals surface area (Å²) in [6.07, 6.45) is 9.04. The van der Waals surface area contributed by atoms with Crippen LogP contribution in [-0.2, 0) is 7.05 Å². The molecule has 3 aromatic rings. The van der Waals surface area contributed by atoms with Gasteiger partial charge in [0.05, 0.1) is 22.7 Å².